The first-order valence-electron chi connectivity index (χ1n) is 6.95. The van der Waals surface area contributed by atoms with E-state index in [1.165, 1.54) is 25.3 Å². The zero-order chi connectivity index (χ0) is 16.3. The Balaban J connectivity index is 2.07. The molecule has 8 heteroatoms. The van der Waals surface area contributed by atoms with Crippen molar-refractivity contribution in [3.05, 3.63) is 18.2 Å². The van der Waals surface area contributed by atoms with E-state index < -0.39 is 21.9 Å². The molecule has 0 atom stereocenters. The maximum absolute atomic E-state index is 12.3. The Kier molecular flexibility index (Phi) is 4.92. The maximum Gasteiger partial charge on any atom is 0.306 e. The Hall–Kier alpha value is -1.80. The van der Waals surface area contributed by atoms with Crippen LogP contribution in [0.5, 0.6) is 11.5 Å². The van der Waals surface area contributed by atoms with Crippen LogP contribution in [0.25, 0.3) is 0 Å². The van der Waals surface area contributed by atoms with E-state index in [0.717, 1.165) is 0 Å². The van der Waals surface area contributed by atoms with Crippen molar-refractivity contribution in [2.75, 3.05) is 7.11 Å². The molecule has 1 aromatic rings. The molecule has 1 aromatic carbocycles. The summed E-state index contributed by atoms with van der Waals surface area (Å²) in [6.07, 6.45) is 1.90. The molecule has 2 rings (SSSR count). The van der Waals surface area contributed by atoms with E-state index in [1.807, 2.05) is 0 Å². The molecule has 7 nitrogen and oxygen atoms in total. The van der Waals surface area contributed by atoms with Crippen molar-refractivity contribution in [1.29, 1.82) is 0 Å². The summed E-state index contributed by atoms with van der Waals surface area (Å²) in [5, 5.41) is 18.4. The number of phenols is 1. The zero-order valence-electron chi connectivity index (χ0n) is 12.2. The average molecular weight is 329 g/mol. The normalized spacial score (nSPS) is 22.2. The molecule has 0 aliphatic heterocycles. The molecule has 1 aliphatic rings. The second-order valence-corrected chi connectivity index (χ2v) is 7.06. The smallest absolute Gasteiger partial charge is 0.306 e. The van der Waals surface area contributed by atoms with E-state index in [-0.39, 0.29) is 22.4 Å². The van der Waals surface area contributed by atoms with E-state index in [9.17, 15) is 18.3 Å². The first-order valence-corrected chi connectivity index (χ1v) is 8.44. The number of carbonyl (C=O) groups is 1. The number of carboxylic acid groups (broad SMARTS) is 1. The number of nitrogens with one attached hydrogen (secondary N) is 1. The third kappa shape index (κ3) is 3.69. The summed E-state index contributed by atoms with van der Waals surface area (Å²) < 4.78 is 32.1. The number of aliphatic carboxylic acids is 1. The van der Waals surface area contributed by atoms with Crippen LogP contribution < -0.4 is 9.46 Å². The number of ether oxygens (including phenoxy) is 1. The number of sulfonamides is 1. The van der Waals surface area contributed by atoms with Crippen LogP contribution >= 0.6 is 0 Å². The number of benzene rings is 1. The van der Waals surface area contributed by atoms with Crippen molar-refractivity contribution in [2.45, 2.75) is 36.6 Å². The van der Waals surface area contributed by atoms with Crippen LogP contribution in [0.3, 0.4) is 0 Å². The summed E-state index contributed by atoms with van der Waals surface area (Å²) in [6, 6.07) is 3.53. The van der Waals surface area contributed by atoms with E-state index in [4.69, 9.17) is 9.84 Å². The van der Waals surface area contributed by atoms with Crippen molar-refractivity contribution >= 4 is 16.0 Å². The molecule has 122 valence electrons. The van der Waals surface area contributed by atoms with E-state index in [1.54, 1.807) is 0 Å². The predicted molar refractivity (Wildman–Crippen MR) is 78.4 cm³/mol. The van der Waals surface area contributed by atoms with Crippen LogP contribution in [0.2, 0.25) is 0 Å². The lowest BCUT2D eigenvalue weighted by Gasteiger charge is -2.26. The first kappa shape index (κ1) is 16.6. The highest BCUT2D eigenvalue weighted by Crippen LogP contribution is 2.29. The van der Waals surface area contributed by atoms with Gasteiger partial charge in [-0.3, -0.25) is 4.79 Å². The van der Waals surface area contributed by atoms with E-state index in [0.29, 0.717) is 25.7 Å². The van der Waals surface area contributed by atoms with Crippen LogP contribution in [0, 0.1) is 5.92 Å². The van der Waals surface area contributed by atoms with Crippen LogP contribution in [-0.2, 0) is 14.8 Å². The van der Waals surface area contributed by atoms with Gasteiger partial charge in [0.25, 0.3) is 0 Å². The molecule has 0 saturated heterocycles. The summed E-state index contributed by atoms with van der Waals surface area (Å²) in [5.41, 5.74) is 0. The largest absolute Gasteiger partial charge is 0.504 e. The molecule has 0 radical (unpaired) electrons. The molecule has 1 fully saturated rings. The molecule has 3 N–H and O–H groups in total. The van der Waals surface area contributed by atoms with Gasteiger partial charge < -0.3 is 14.9 Å². The summed E-state index contributed by atoms with van der Waals surface area (Å²) in [5.74, 6) is -1.28. The van der Waals surface area contributed by atoms with E-state index in [2.05, 4.69) is 4.72 Å². The van der Waals surface area contributed by atoms with Gasteiger partial charge in [-0.05, 0) is 37.8 Å². The van der Waals surface area contributed by atoms with Crippen LogP contribution in [0.4, 0.5) is 0 Å². The second kappa shape index (κ2) is 6.53. The second-order valence-electron chi connectivity index (χ2n) is 5.34. The lowest BCUT2D eigenvalue weighted by Crippen LogP contribution is -2.38. The van der Waals surface area contributed by atoms with Gasteiger partial charge in [-0.25, -0.2) is 13.1 Å². The zero-order valence-corrected chi connectivity index (χ0v) is 13.0. The van der Waals surface area contributed by atoms with Crippen molar-refractivity contribution in [2.24, 2.45) is 5.92 Å². The fraction of sp³-hybridized carbons (Fsp3) is 0.500. The summed E-state index contributed by atoms with van der Waals surface area (Å²) in [4.78, 5) is 10.9. The van der Waals surface area contributed by atoms with E-state index >= 15 is 0 Å². The maximum atomic E-state index is 12.3. The van der Waals surface area contributed by atoms with Crippen LogP contribution in [-0.4, -0.2) is 37.8 Å². The van der Waals surface area contributed by atoms with Crippen LogP contribution in [0.1, 0.15) is 25.7 Å². The van der Waals surface area contributed by atoms with Gasteiger partial charge in [0.15, 0.2) is 11.5 Å². The molecule has 0 bridgehead atoms. The molecule has 22 heavy (non-hydrogen) atoms. The molecule has 0 spiro atoms. The van der Waals surface area contributed by atoms with Gasteiger partial charge in [0.05, 0.1) is 17.9 Å². The first-order chi connectivity index (χ1) is 10.3. The van der Waals surface area contributed by atoms with Gasteiger partial charge in [0.1, 0.15) is 0 Å². The molecule has 0 heterocycles. The lowest BCUT2D eigenvalue weighted by molar-refractivity contribution is -0.142. The molecule has 0 amide bonds. The molecule has 0 unspecified atom stereocenters. The number of carboxylic acids is 1. The van der Waals surface area contributed by atoms with Crippen molar-refractivity contribution < 1.29 is 28.2 Å². The minimum Gasteiger partial charge on any atom is -0.504 e. The highest BCUT2D eigenvalue weighted by atomic mass is 32.2. The molecule has 1 aliphatic carbocycles. The van der Waals surface area contributed by atoms with Gasteiger partial charge >= 0.3 is 5.97 Å². The van der Waals surface area contributed by atoms with Gasteiger partial charge in [0, 0.05) is 12.1 Å². The Morgan fingerprint density at radius 1 is 1.27 bits per heavy atom. The number of methoxy groups -OCH3 is 1. The average Bonchev–Trinajstić information content (AvgIpc) is 2.47. The quantitative estimate of drug-likeness (QED) is 0.751. The molecular weight excluding hydrogens is 310 g/mol. The summed E-state index contributed by atoms with van der Waals surface area (Å²) >= 11 is 0. The minimum absolute atomic E-state index is 0.00232. The Morgan fingerprint density at radius 2 is 1.91 bits per heavy atom. The number of phenolic OH excluding ortho intramolecular Hbond substituents is 1. The fourth-order valence-electron chi connectivity index (χ4n) is 2.57. The highest BCUT2D eigenvalue weighted by Gasteiger charge is 2.29. The molecule has 0 aromatic heterocycles. The van der Waals surface area contributed by atoms with Gasteiger partial charge in [-0.1, -0.05) is 0 Å². The number of hydrogen-bond acceptors (Lipinski definition) is 5. The topological polar surface area (TPSA) is 113 Å². The molecule has 1 saturated carbocycles. The molecular formula is C14H19NO6S. The summed E-state index contributed by atoms with van der Waals surface area (Å²) in [7, 11) is -2.40. The Morgan fingerprint density at radius 3 is 2.45 bits per heavy atom. The fourth-order valence-corrected chi connectivity index (χ4v) is 3.89. The van der Waals surface area contributed by atoms with Gasteiger partial charge in [-0.15, -0.1) is 0 Å². The summed E-state index contributed by atoms with van der Waals surface area (Å²) in [6.45, 7) is 0. The number of hydrogen-bond donors (Lipinski definition) is 3. The standard InChI is InChI=1S/C14H19NO6S/c1-21-13-8-11(6-7-12(13)16)22(19,20)15-10-4-2-9(3-5-10)14(17)18/h6-10,15-16H,2-5H2,1H3,(H,17,18)/t9-,10-. The SMILES string of the molecule is COc1cc(S(=O)(=O)N[C@H]2CC[C@H](C(=O)O)CC2)ccc1O. The monoisotopic (exact) mass is 329 g/mol. The van der Waals surface area contributed by atoms with Crippen molar-refractivity contribution in [1.82, 2.24) is 4.72 Å². The number of aromatic hydroxyl groups is 1. The predicted octanol–water partition coefficient (Wildman–Crippen LogP) is 1.32. The van der Waals surface area contributed by atoms with Crippen molar-refractivity contribution in [3.63, 3.8) is 0 Å². The minimum atomic E-state index is -3.74. The third-order valence-electron chi connectivity index (χ3n) is 3.86. The Bertz CT molecular complexity index is 649. The highest BCUT2D eigenvalue weighted by molar-refractivity contribution is 7.89. The van der Waals surface area contributed by atoms with Crippen LogP contribution in [0.15, 0.2) is 23.1 Å². The van der Waals surface area contributed by atoms with Gasteiger partial charge in [0.2, 0.25) is 10.0 Å². The third-order valence-corrected chi connectivity index (χ3v) is 5.38. The Labute approximate surface area is 129 Å². The van der Waals surface area contributed by atoms with Gasteiger partial charge in [-0.2, -0.15) is 0 Å². The van der Waals surface area contributed by atoms with Crippen molar-refractivity contribution in [3.8, 4) is 11.5 Å². The number of rotatable bonds is 5. The lowest BCUT2D eigenvalue weighted by atomic mass is 9.87.